The minimum atomic E-state index is 0.0231. The molecular formula is C13H23Br2NO. The predicted molar refractivity (Wildman–Crippen MR) is 82.6 cm³/mol. The maximum absolute atomic E-state index is 5.41. The smallest absolute Gasteiger partial charge is 0.132 e. The molecule has 0 heterocycles. The number of methoxy groups -OCH3 is 1. The first-order valence-electron chi connectivity index (χ1n) is 5.84. The van der Waals surface area contributed by atoms with E-state index in [1.165, 1.54) is 5.70 Å². The zero-order valence-electron chi connectivity index (χ0n) is 11.3. The molecule has 17 heavy (non-hydrogen) atoms. The number of nitrogens with zero attached hydrogens (tertiary/aromatic N) is 1. The second-order valence-electron chi connectivity index (χ2n) is 4.20. The molecule has 0 saturated heterocycles. The van der Waals surface area contributed by atoms with Crippen molar-refractivity contribution in [3.05, 3.63) is 22.8 Å². The van der Waals surface area contributed by atoms with Crippen molar-refractivity contribution >= 4 is 31.9 Å². The summed E-state index contributed by atoms with van der Waals surface area (Å²) in [6.07, 6.45) is 2.84. The van der Waals surface area contributed by atoms with E-state index in [4.69, 9.17) is 4.74 Å². The van der Waals surface area contributed by atoms with Crippen LogP contribution in [0.3, 0.4) is 0 Å². The van der Waals surface area contributed by atoms with Gasteiger partial charge in [0.2, 0.25) is 0 Å². The van der Waals surface area contributed by atoms with Crippen LogP contribution in [0, 0.1) is 0 Å². The van der Waals surface area contributed by atoms with Crippen LogP contribution < -0.4 is 0 Å². The number of hydrogen-bond donors (Lipinski definition) is 0. The molecule has 0 fully saturated rings. The maximum Gasteiger partial charge on any atom is 0.132 e. The SMILES string of the molecule is C=C/C(Br)=C(\C)N(C(C)C)C(CC)C(Br)OC. The Labute approximate surface area is 122 Å². The van der Waals surface area contributed by atoms with Gasteiger partial charge in [0.1, 0.15) is 5.01 Å². The van der Waals surface area contributed by atoms with Crippen molar-refractivity contribution in [1.82, 2.24) is 4.90 Å². The zero-order chi connectivity index (χ0) is 13.6. The summed E-state index contributed by atoms with van der Waals surface area (Å²) in [6, 6.07) is 0.704. The quantitative estimate of drug-likeness (QED) is 0.478. The third-order valence-electron chi connectivity index (χ3n) is 2.77. The Morgan fingerprint density at radius 2 is 2.00 bits per heavy atom. The van der Waals surface area contributed by atoms with Gasteiger partial charge in [0, 0.05) is 23.3 Å². The highest BCUT2D eigenvalue weighted by Gasteiger charge is 2.27. The third-order valence-corrected chi connectivity index (χ3v) is 4.65. The molecule has 0 aliphatic carbocycles. The lowest BCUT2D eigenvalue weighted by atomic mass is 10.1. The van der Waals surface area contributed by atoms with E-state index in [0.29, 0.717) is 12.1 Å². The second-order valence-corrected chi connectivity index (χ2v) is 5.96. The van der Waals surface area contributed by atoms with Crippen molar-refractivity contribution in [3.63, 3.8) is 0 Å². The molecule has 2 atom stereocenters. The van der Waals surface area contributed by atoms with Gasteiger partial charge < -0.3 is 9.64 Å². The summed E-state index contributed by atoms with van der Waals surface area (Å²) in [5, 5.41) is 0.0231. The molecule has 0 radical (unpaired) electrons. The maximum atomic E-state index is 5.41. The van der Waals surface area contributed by atoms with E-state index < -0.39 is 0 Å². The molecule has 2 nitrogen and oxygen atoms in total. The van der Waals surface area contributed by atoms with E-state index in [-0.39, 0.29) is 5.01 Å². The van der Waals surface area contributed by atoms with Crippen LogP contribution >= 0.6 is 31.9 Å². The van der Waals surface area contributed by atoms with Gasteiger partial charge in [-0.25, -0.2) is 0 Å². The molecule has 0 saturated carbocycles. The first-order chi connectivity index (χ1) is 7.90. The average molecular weight is 369 g/mol. The first kappa shape index (κ1) is 17.2. The van der Waals surface area contributed by atoms with Gasteiger partial charge in [-0.05, 0) is 43.1 Å². The molecular weight excluding hydrogens is 346 g/mol. The van der Waals surface area contributed by atoms with Crippen LogP contribution in [-0.4, -0.2) is 29.1 Å². The fourth-order valence-electron chi connectivity index (χ4n) is 1.96. The Morgan fingerprint density at radius 3 is 2.29 bits per heavy atom. The molecule has 0 amide bonds. The predicted octanol–water partition coefficient (Wildman–Crippen LogP) is 4.66. The average Bonchev–Trinajstić information content (AvgIpc) is 2.32. The van der Waals surface area contributed by atoms with Crippen molar-refractivity contribution in [1.29, 1.82) is 0 Å². The fraction of sp³-hybridized carbons (Fsp3) is 0.692. The lowest BCUT2D eigenvalue weighted by Gasteiger charge is -2.39. The monoisotopic (exact) mass is 367 g/mol. The summed E-state index contributed by atoms with van der Waals surface area (Å²) in [4.78, 5) is 2.36. The number of alkyl halides is 1. The normalized spacial score (nSPS) is 16.5. The van der Waals surface area contributed by atoms with E-state index in [2.05, 4.69) is 71.0 Å². The molecule has 0 bridgehead atoms. The Morgan fingerprint density at radius 1 is 1.47 bits per heavy atom. The standard InChI is InChI=1S/C13H23Br2NO/c1-7-11(14)10(5)16(9(3)4)12(8-2)13(15)17-6/h7,9,12-13H,1,8H2,2-6H3/b11-10-. The molecule has 0 spiro atoms. The van der Waals surface area contributed by atoms with Gasteiger partial charge in [0.25, 0.3) is 0 Å². The molecule has 4 heteroatoms. The topological polar surface area (TPSA) is 12.5 Å². The number of hydrogen-bond acceptors (Lipinski definition) is 2. The van der Waals surface area contributed by atoms with Crippen molar-refractivity contribution in [3.8, 4) is 0 Å². The van der Waals surface area contributed by atoms with Crippen molar-refractivity contribution in [2.24, 2.45) is 0 Å². The largest absolute Gasteiger partial charge is 0.368 e. The minimum absolute atomic E-state index is 0.0231. The van der Waals surface area contributed by atoms with Crippen LogP contribution in [0.5, 0.6) is 0 Å². The van der Waals surface area contributed by atoms with Gasteiger partial charge in [-0.2, -0.15) is 0 Å². The molecule has 0 aromatic carbocycles. The lowest BCUT2D eigenvalue weighted by molar-refractivity contribution is 0.0732. The van der Waals surface area contributed by atoms with E-state index in [9.17, 15) is 0 Å². The number of ether oxygens (including phenoxy) is 1. The Hall–Kier alpha value is 0.200. The lowest BCUT2D eigenvalue weighted by Crippen LogP contribution is -2.44. The summed E-state index contributed by atoms with van der Waals surface area (Å²) in [5.74, 6) is 0. The summed E-state index contributed by atoms with van der Waals surface area (Å²) >= 11 is 7.13. The highest BCUT2D eigenvalue weighted by atomic mass is 79.9. The van der Waals surface area contributed by atoms with Crippen molar-refractivity contribution in [2.75, 3.05) is 7.11 Å². The molecule has 0 N–H and O–H groups in total. The van der Waals surface area contributed by atoms with Crippen LogP contribution in [0.15, 0.2) is 22.8 Å². The first-order valence-corrected chi connectivity index (χ1v) is 7.55. The molecule has 0 rings (SSSR count). The Balaban J connectivity index is 5.28. The molecule has 0 aliphatic heterocycles. The van der Waals surface area contributed by atoms with E-state index >= 15 is 0 Å². The fourth-order valence-corrected chi connectivity index (χ4v) is 2.79. The van der Waals surface area contributed by atoms with E-state index in [1.54, 1.807) is 7.11 Å². The highest BCUT2D eigenvalue weighted by Crippen LogP contribution is 2.27. The second kappa shape index (κ2) is 8.33. The molecule has 0 aliphatic rings. The van der Waals surface area contributed by atoms with E-state index in [1.807, 2.05) is 6.08 Å². The summed E-state index contributed by atoms with van der Waals surface area (Å²) < 4.78 is 6.44. The van der Waals surface area contributed by atoms with Crippen LogP contribution in [0.2, 0.25) is 0 Å². The van der Waals surface area contributed by atoms with Crippen LogP contribution in [0.4, 0.5) is 0 Å². The molecule has 0 aromatic heterocycles. The number of halogens is 2. The number of rotatable bonds is 7. The molecule has 2 unspecified atom stereocenters. The van der Waals surface area contributed by atoms with E-state index in [0.717, 1.165) is 10.9 Å². The van der Waals surface area contributed by atoms with Gasteiger partial charge >= 0.3 is 0 Å². The molecule has 0 aromatic rings. The van der Waals surface area contributed by atoms with Crippen LogP contribution in [0.25, 0.3) is 0 Å². The molecule has 100 valence electrons. The summed E-state index contributed by atoms with van der Waals surface area (Å²) in [7, 11) is 1.72. The highest BCUT2D eigenvalue weighted by molar-refractivity contribution is 9.12. The van der Waals surface area contributed by atoms with Gasteiger partial charge in [-0.1, -0.05) is 35.5 Å². The third kappa shape index (κ3) is 4.76. The van der Waals surface area contributed by atoms with Gasteiger partial charge in [-0.15, -0.1) is 0 Å². The zero-order valence-corrected chi connectivity index (χ0v) is 14.5. The summed E-state index contributed by atoms with van der Waals surface area (Å²) in [5.41, 5.74) is 1.18. The van der Waals surface area contributed by atoms with Gasteiger partial charge in [0.05, 0.1) is 6.04 Å². The van der Waals surface area contributed by atoms with Gasteiger partial charge in [-0.3, -0.25) is 0 Å². The number of allylic oxidation sites excluding steroid dienone is 3. The van der Waals surface area contributed by atoms with Gasteiger partial charge in [0.15, 0.2) is 0 Å². The minimum Gasteiger partial charge on any atom is -0.368 e. The van der Waals surface area contributed by atoms with Crippen LogP contribution in [-0.2, 0) is 4.74 Å². The van der Waals surface area contributed by atoms with Crippen molar-refractivity contribution in [2.45, 2.75) is 51.2 Å². The Bertz CT molecular complexity index is 277. The van der Waals surface area contributed by atoms with Crippen molar-refractivity contribution < 1.29 is 4.74 Å². The Kier molecular flexibility index (Phi) is 8.43. The summed E-state index contributed by atoms with van der Waals surface area (Å²) in [6.45, 7) is 12.4. The van der Waals surface area contributed by atoms with Crippen LogP contribution in [0.1, 0.15) is 34.1 Å².